The summed E-state index contributed by atoms with van der Waals surface area (Å²) in [5.41, 5.74) is 0.891. The normalized spacial score (nSPS) is 10.8. The number of carboxylic acids is 1. The number of aryl methyl sites for hydroxylation is 1. The van der Waals surface area contributed by atoms with E-state index in [9.17, 15) is 14.0 Å². The maximum Gasteiger partial charge on any atom is 0.346 e. The predicted molar refractivity (Wildman–Crippen MR) is 80.1 cm³/mol. The fraction of sp³-hybridized carbons (Fsp3) is 0.0667. The number of aromatic carboxylic acids is 1. The van der Waals surface area contributed by atoms with Gasteiger partial charge in [0.25, 0.3) is 0 Å². The fourth-order valence-corrected chi connectivity index (χ4v) is 2.61. The van der Waals surface area contributed by atoms with E-state index in [1.807, 2.05) is 0 Å². The monoisotopic (exact) mass is 305 g/mol. The lowest BCUT2D eigenvalue weighted by atomic mass is 10.2. The van der Waals surface area contributed by atoms with Crippen LogP contribution < -0.4 is 5.32 Å². The van der Waals surface area contributed by atoms with Gasteiger partial charge in [-0.25, -0.2) is 9.18 Å². The molecule has 6 heteroatoms. The summed E-state index contributed by atoms with van der Waals surface area (Å²) in [7, 11) is 0. The number of benzene rings is 1. The molecule has 2 aromatic rings. The van der Waals surface area contributed by atoms with Gasteiger partial charge in [-0.05, 0) is 30.7 Å². The lowest BCUT2D eigenvalue weighted by molar-refractivity contribution is -0.111. The highest BCUT2D eigenvalue weighted by atomic mass is 32.1. The Morgan fingerprint density at radius 1 is 1.33 bits per heavy atom. The Labute approximate surface area is 124 Å². The van der Waals surface area contributed by atoms with Crippen molar-refractivity contribution in [3.63, 3.8) is 0 Å². The van der Waals surface area contributed by atoms with Gasteiger partial charge in [0.05, 0.1) is 5.00 Å². The highest BCUT2D eigenvalue weighted by Gasteiger charge is 2.12. The van der Waals surface area contributed by atoms with Crippen LogP contribution in [0, 0.1) is 12.7 Å². The van der Waals surface area contributed by atoms with E-state index in [-0.39, 0.29) is 4.88 Å². The fourth-order valence-electron chi connectivity index (χ4n) is 1.69. The smallest absolute Gasteiger partial charge is 0.346 e. The van der Waals surface area contributed by atoms with Crippen LogP contribution >= 0.6 is 11.3 Å². The van der Waals surface area contributed by atoms with Gasteiger partial charge in [0, 0.05) is 11.6 Å². The standard InChI is InChI=1S/C15H12FNO3S/c1-9-8-13(21-14(9)15(19)20)17-12(18)7-6-10-4-2-3-5-11(10)16/h2-8H,1H3,(H,17,18)(H,19,20)/b7-6+. The van der Waals surface area contributed by atoms with Crippen LogP contribution in [0.5, 0.6) is 0 Å². The number of thiophene rings is 1. The van der Waals surface area contributed by atoms with Crippen LogP contribution in [0.1, 0.15) is 20.8 Å². The zero-order chi connectivity index (χ0) is 15.4. The molecule has 1 aromatic heterocycles. The molecule has 21 heavy (non-hydrogen) atoms. The van der Waals surface area contributed by atoms with Crippen molar-refractivity contribution in [2.75, 3.05) is 5.32 Å². The van der Waals surface area contributed by atoms with Gasteiger partial charge in [0.1, 0.15) is 10.7 Å². The molecule has 0 unspecified atom stereocenters. The molecule has 0 aliphatic carbocycles. The lowest BCUT2D eigenvalue weighted by Gasteiger charge is -1.97. The molecule has 0 saturated heterocycles. The van der Waals surface area contributed by atoms with Gasteiger partial charge in [0.15, 0.2) is 0 Å². The minimum absolute atomic E-state index is 0.184. The lowest BCUT2D eigenvalue weighted by Crippen LogP contribution is -2.06. The summed E-state index contributed by atoms with van der Waals surface area (Å²) in [6, 6.07) is 7.68. The van der Waals surface area contributed by atoms with Gasteiger partial charge in [0.2, 0.25) is 5.91 Å². The van der Waals surface area contributed by atoms with Crippen molar-refractivity contribution >= 4 is 34.3 Å². The summed E-state index contributed by atoms with van der Waals surface area (Å²) in [6.45, 7) is 1.66. The molecule has 4 nitrogen and oxygen atoms in total. The van der Waals surface area contributed by atoms with E-state index < -0.39 is 17.7 Å². The molecular formula is C15H12FNO3S. The number of nitrogens with one attached hydrogen (secondary N) is 1. The summed E-state index contributed by atoms with van der Waals surface area (Å²) >= 11 is 0.981. The zero-order valence-electron chi connectivity index (χ0n) is 11.1. The summed E-state index contributed by atoms with van der Waals surface area (Å²) < 4.78 is 13.4. The second kappa shape index (κ2) is 6.32. The molecule has 0 aliphatic heterocycles. The van der Waals surface area contributed by atoms with Gasteiger partial charge in [-0.15, -0.1) is 11.3 Å². The van der Waals surface area contributed by atoms with Crippen LogP contribution in [-0.2, 0) is 4.79 Å². The zero-order valence-corrected chi connectivity index (χ0v) is 11.9. The number of halogens is 1. The SMILES string of the molecule is Cc1cc(NC(=O)/C=C/c2ccccc2F)sc1C(=O)O. The predicted octanol–water partition coefficient (Wildman–Crippen LogP) is 3.55. The van der Waals surface area contributed by atoms with Crippen molar-refractivity contribution in [1.29, 1.82) is 0 Å². The molecule has 0 radical (unpaired) electrons. The Balaban J connectivity index is 2.07. The van der Waals surface area contributed by atoms with E-state index in [0.717, 1.165) is 11.3 Å². The number of rotatable bonds is 4. The molecule has 1 heterocycles. The van der Waals surface area contributed by atoms with Crippen molar-refractivity contribution < 1.29 is 19.1 Å². The van der Waals surface area contributed by atoms with E-state index >= 15 is 0 Å². The first-order valence-corrected chi connectivity index (χ1v) is 6.86. The Kier molecular flexibility index (Phi) is 4.49. The van der Waals surface area contributed by atoms with Crippen molar-refractivity contribution in [2.45, 2.75) is 6.92 Å². The highest BCUT2D eigenvalue weighted by molar-refractivity contribution is 7.18. The van der Waals surface area contributed by atoms with Gasteiger partial charge >= 0.3 is 5.97 Å². The molecule has 1 aromatic carbocycles. The quantitative estimate of drug-likeness (QED) is 0.849. The average molecular weight is 305 g/mol. The van der Waals surface area contributed by atoms with Crippen molar-refractivity contribution in [1.82, 2.24) is 0 Å². The summed E-state index contributed by atoms with van der Waals surface area (Å²) in [6.07, 6.45) is 2.57. The summed E-state index contributed by atoms with van der Waals surface area (Å²) in [5.74, 6) is -1.89. The maximum atomic E-state index is 13.4. The van der Waals surface area contributed by atoms with Crippen molar-refractivity contribution in [3.05, 3.63) is 58.2 Å². The molecule has 1 amide bonds. The first kappa shape index (κ1) is 14.9. The van der Waals surface area contributed by atoms with Gasteiger partial charge < -0.3 is 10.4 Å². The molecule has 0 fully saturated rings. The molecule has 0 aliphatic rings. The van der Waals surface area contributed by atoms with Gasteiger partial charge in [-0.1, -0.05) is 18.2 Å². The van der Waals surface area contributed by atoms with Crippen LogP contribution in [0.4, 0.5) is 9.39 Å². The number of amides is 1. The van der Waals surface area contributed by atoms with Crippen LogP contribution in [0.3, 0.4) is 0 Å². The van der Waals surface area contributed by atoms with Crippen LogP contribution in [-0.4, -0.2) is 17.0 Å². The molecule has 0 spiro atoms. The highest BCUT2D eigenvalue weighted by Crippen LogP contribution is 2.26. The molecule has 0 atom stereocenters. The Morgan fingerprint density at radius 2 is 2.05 bits per heavy atom. The van der Waals surface area contributed by atoms with Crippen LogP contribution in [0.15, 0.2) is 36.4 Å². The van der Waals surface area contributed by atoms with E-state index in [0.29, 0.717) is 16.1 Å². The Bertz CT molecular complexity index is 721. The molecule has 2 N–H and O–H groups in total. The minimum Gasteiger partial charge on any atom is -0.477 e. The molecule has 0 bridgehead atoms. The molecule has 2 rings (SSSR count). The Hall–Kier alpha value is -2.47. The number of carbonyl (C=O) groups is 2. The van der Waals surface area contributed by atoms with Gasteiger partial charge in [-0.3, -0.25) is 4.79 Å². The first-order valence-electron chi connectivity index (χ1n) is 6.04. The third-order valence-electron chi connectivity index (χ3n) is 2.68. The number of carbonyl (C=O) groups excluding carboxylic acids is 1. The minimum atomic E-state index is -1.03. The second-order valence-corrected chi connectivity index (χ2v) is 5.32. The van der Waals surface area contributed by atoms with E-state index in [1.54, 1.807) is 31.2 Å². The third-order valence-corrected chi connectivity index (χ3v) is 3.82. The molecular weight excluding hydrogens is 293 g/mol. The van der Waals surface area contributed by atoms with Crippen LogP contribution in [0.2, 0.25) is 0 Å². The number of hydrogen-bond acceptors (Lipinski definition) is 3. The number of hydrogen-bond donors (Lipinski definition) is 2. The van der Waals surface area contributed by atoms with E-state index in [2.05, 4.69) is 5.32 Å². The largest absolute Gasteiger partial charge is 0.477 e. The Morgan fingerprint density at radius 3 is 2.67 bits per heavy atom. The third kappa shape index (κ3) is 3.76. The summed E-state index contributed by atoms with van der Waals surface area (Å²) in [5, 5.41) is 11.9. The van der Waals surface area contributed by atoms with Gasteiger partial charge in [-0.2, -0.15) is 0 Å². The van der Waals surface area contributed by atoms with Crippen molar-refractivity contribution in [3.8, 4) is 0 Å². The van der Waals surface area contributed by atoms with E-state index in [4.69, 9.17) is 5.11 Å². The number of anilines is 1. The van der Waals surface area contributed by atoms with Crippen LogP contribution in [0.25, 0.3) is 6.08 Å². The van der Waals surface area contributed by atoms with E-state index in [1.165, 1.54) is 18.2 Å². The average Bonchev–Trinajstić information content (AvgIpc) is 2.79. The molecule has 0 saturated carbocycles. The maximum absolute atomic E-state index is 13.4. The van der Waals surface area contributed by atoms with Crippen molar-refractivity contribution in [2.24, 2.45) is 0 Å². The topological polar surface area (TPSA) is 66.4 Å². The first-order chi connectivity index (χ1) is 9.97. The molecule has 108 valence electrons. The second-order valence-electron chi connectivity index (χ2n) is 4.27. The number of carboxylic acid groups (broad SMARTS) is 1. The summed E-state index contributed by atoms with van der Waals surface area (Å²) in [4.78, 5) is 22.8.